The van der Waals surface area contributed by atoms with Crippen molar-refractivity contribution in [2.45, 2.75) is 33.4 Å². The molecular weight excluding hydrogens is 260 g/mol. The molecule has 19 heavy (non-hydrogen) atoms. The summed E-state index contributed by atoms with van der Waals surface area (Å²) in [5.74, 6) is 0.801. The van der Waals surface area contributed by atoms with Crippen molar-refractivity contribution in [3.05, 3.63) is 39.3 Å². The van der Waals surface area contributed by atoms with E-state index in [9.17, 15) is 4.79 Å². The summed E-state index contributed by atoms with van der Waals surface area (Å²) in [6.07, 6.45) is 5.13. The summed E-state index contributed by atoms with van der Waals surface area (Å²) in [5, 5.41) is 5.99. The molecule has 6 heteroatoms. The van der Waals surface area contributed by atoms with Gasteiger partial charge in [0.05, 0.1) is 6.04 Å². The first-order valence-electron chi connectivity index (χ1n) is 6.29. The highest BCUT2D eigenvalue weighted by Crippen LogP contribution is 2.17. The highest BCUT2D eigenvalue weighted by molar-refractivity contribution is 7.09. The van der Waals surface area contributed by atoms with E-state index in [2.05, 4.69) is 29.1 Å². The Labute approximate surface area is 116 Å². The maximum absolute atomic E-state index is 12.2. The maximum atomic E-state index is 12.2. The van der Waals surface area contributed by atoms with E-state index in [1.807, 2.05) is 12.3 Å². The summed E-state index contributed by atoms with van der Waals surface area (Å²) in [6, 6.07) is -0.0184. The van der Waals surface area contributed by atoms with Gasteiger partial charge in [0.15, 0.2) is 5.82 Å². The number of aromatic nitrogens is 3. The molecule has 0 radical (unpaired) electrons. The smallest absolute Gasteiger partial charge is 0.293 e. The van der Waals surface area contributed by atoms with E-state index in [-0.39, 0.29) is 11.6 Å². The van der Waals surface area contributed by atoms with Crippen LogP contribution in [0.25, 0.3) is 0 Å². The van der Waals surface area contributed by atoms with Gasteiger partial charge in [-0.3, -0.25) is 4.79 Å². The third kappa shape index (κ3) is 3.41. The predicted molar refractivity (Wildman–Crippen MR) is 77.5 cm³/mol. The molecule has 0 aromatic carbocycles. The SMILES string of the molecule is CC(C)Cn1ccnc(NC(C)c2nccs2)c1=O. The fourth-order valence-corrected chi connectivity index (χ4v) is 2.44. The normalized spacial score (nSPS) is 12.6. The molecule has 0 saturated carbocycles. The zero-order valence-electron chi connectivity index (χ0n) is 11.3. The van der Waals surface area contributed by atoms with Gasteiger partial charge in [-0.2, -0.15) is 0 Å². The monoisotopic (exact) mass is 278 g/mol. The molecule has 0 aliphatic rings. The van der Waals surface area contributed by atoms with Crippen LogP contribution in [0.5, 0.6) is 0 Å². The van der Waals surface area contributed by atoms with E-state index in [1.54, 1.807) is 34.5 Å². The second-order valence-corrected chi connectivity index (χ2v) is 5.79. The Bertz CT molecular complexity index is 577. The van der Waals surface area contributed by atoms with E-state index < -0.39 is 0 Å². The van der Waals surface area contributed by atoms with Gasteiger partial charge in [-0.25, -0.2) is 9.97 Å². The third-order valence-electron chi connectivity index (χ3n) is 2.65. The minimum atomic E-state index is -0.0837. The van der Waals surface area contributed by atoms with Crippen molar-refractivity contribution in [1.82, 2.24) is 14.5 Å². The minimum absolute atomic E-state index is 0.0184. The van der Waals surface area contributed by atoms with E-state index in [4.69, 9.17) is 0 Å². The average Bonchev–Trinajstić information content (AvgIpc) is 2.87. The predicted octanol–water partition coefficient (Wildman–Crippen LogP) is 2.53. The molecule has 0 aliphatic carbocycles. The number of hydrogen-bond acceptors (Lipinski definition) is 5. The average molecular weight is 278 g/mol. The van der Waals surface area contributed by atoms with Gasteiger partial charge >= 0.3 is 0 Å². The Kier molecular flexibility index (Phi) is 4.31. The first-order chi connectivity index (χ1) is 9.08. The van der Waals surface area contributed by atoms with Crippen LogP contribution < -0.4 is 10.9 Å². The fraction of sp³-hybridized carbons (Fsp3) is 0.462. The van der Waals surface area contributed by atoms with Gasteiger partial charge in [0.25, 0.3) is 5.56 Å². The van der Waals surface area contributed by atoms with Gasteiger partial charge in [-0.1, -0.05) is 13.8 Å². The molecule has 1 N–H and O–H groups in total. The van der Waals surface area contributed by atoms with Gasteiger partial charge < -0.3 is 9.88 Å². The molecule has 1 unspecified atom stereocenters. The van der Waals surface area contributed by atoms with Gasteiger partial charge in [0.1, 0.15) is 5.01 Å². The molecule has 2 rings (SSSR count). The zero-order valence-corrected chi connectivity index (χ0v) is 12.1. The molecule has 0 bridgehead atoms. The van der Waals surface area contributed by atoms with Crippen LogP contribution in [0.15, 0.2) is 28.8 Å². The van der Waals surface area contributed by atoms with Gasteiger partial charge in [-0.05, 0) is 12.8 Å². The van der Waals surface area contributed by atoms with Crippen LogP contribution in [0.3, 0.4) is 0 Å². The Balaban J connectivity index is 2.19. The largest absolute Gasteiger partial charge is 0.357 e. The molecule has 5 nitrogen and oxygen atoms in total. The van der Waals surface area contributed by atoms with Crippen molar-refractivity contribution in [2.24, 2.45) is 5.92 Å². The van der Waals surface area contributed by atoms with Crippen LogP contribution in [0.2, 0.25) is 0 Å². The molecule has 0 fully saturated rings. The lowest BCUT2D eigenvalue weighted by molar-refractivity contribution is 0.509. The molecule has 0 amide bonds. The Morgan fingerprint density at radius 1 is 1.32 bits per heavy atom. The fourth-order valence-electron chi connectivity index (χ4n) is 1.80. The molecule has 0 saturated heterocycles. The molecule has 1 atom stereocenters. The summed E-state index contributed by atoms with van der Waals surface area (Å²) >= 11 is 1.56. The first kappa shape index (κ1) is 13.7. The lowest BCUT2D eigenvalue weighted by Crippen LogP contribution is -2.26. The highest BCUT2D eigenvalue weighted by Gasteiger charge is 2.12. The van der Waals surface area contributed by atoms with Crippen molar-refractivity contribution in [2.75, 3.05) is 5.32 Å². The van der Waals surface area contributed by atoms with Crippen molar-refractivity contribution in [3.8, 4) is 0 Å². The van der Waals surface area contributed by atoms with Gasteiger partial charge in [-0.15, -0.1) is 11.3 Å². The molecule has 0 aliphatic heterocycles. The molecular formula is C13H18N4OS. The minimum Gasteiger partial charge on any atom is -0.357 e. The molecule has 2 aromatic rings. The van der Waals surface area contributed by atoms with Gasteiger partial charge in [0, 0.05) is 30.5 Å². The van der Waals surface area contributed by atoms with Crippen molar-refractivity contribution >= 4 is 17.2 Å². The van der Waals surface area contributed by atoms with E-state index in [0.29, 0.717) is 18.3 Å². The Hall–Kier alpha value is -1.69. The molecule has 2 aromatic heterocycles. The molecule has 102 valence electrons. The van der Waals surface area contributed by atoms with Crippen LogP contribution >= 0.6 is 11.3 Å². The molecule has 2 heterocycles. The number of hydrogen-bond donors (Lipinski definition) is 1. The summed E-state index contributed by atoms with van der Waals surface area (Å²) in [6.45, 7) is 6.83. The quantitative estimate of drug-likeness (QED) is 0.913. The van der Waals surface area contributed by atoms with E-state index in [1.165, 1.54) is 0 Å². The standard InChI is InChI=1S/C13H18N4OS/c1-9(2)8-17-6-4-14-11(13(17)18)16-10(3)12-15-5-7-19-12/h4-7,9-10H,8H2,1-3H3,(H,14,16). The second kappa shape index (κ2) is 5.97. The van der Waals surface area contributed by atoms with Crippen LogP contribution in [0, 0.1) is 5.92 Å². The van der Waals surface area contributed by atoms with Crippen molar-refractivity contribution < 1.29 is 0 Å². The molecule has 0 spiro atoms. The third-order valence-corrected chi connectivity index (χ3v) is 3.61. The summed E-state index contributed by atoms with van der Waals surface area (Å²) < 4.78 is 1.69. The van der Waals surface area contributed by atoms with E-state index >= 15 is 0 Å². The van der Waals surface area contributed by atoms with E-state index in [0.717, 1.165) is 5.01 Å². The second-order valence-electron chi connectivity index (χ2n) is 4.86. The lowest BCUT2D eigenvalue weighted by atomic mass is 10.2. The highest BCUT2D eigenvalue weighted by atomic mass is 32.1. The number of anilines is 1. The van der Waals surface area contributed by atoms with Crippen LogP contribution in [0.4, 0.5) is 5.82 Å². The van der Waals surface area contributed by atoms with Crippen LogP contribution in [-0.4, -0.2) is 14.5 Å². The topological polar surface area (TPSA) is 59.8 Å². The maximum Gasteiger partial charge on any atom is 0.293 e. The zero-order chi connectivity index (χ0) is 13.8. The summed E-state index contributed by atoms with van der Waals surface area (Å²) in [7, 11) is 0. The number of rotatable bonds is 5. The number of nitrogens with zero attached hydrogens (tertiary/aromatic N) is 3. The summed E-state index contributed by atoms with van der Waals surface area (Å²) in [4.78, 5) is 20.6. The van der Waals surface area contributed by atoms with Crippen molar-refractivity contribution in [3.63, 3.8) is 0 Å². The van der Waals surface area contributed by atoms with Crippen LogP contribution in [0.1, 0.15) is 31.8 Å². The number of thiazole rings is 1. The van der Waals surface area contributed by atoms with Crippen molar-refractivity contribution in [1.29, 1.82) is 0 Å². The number of nitrogens with one attached hydrogen (secondary N) is 1. The van der Waals surface area contributed by atoms with Gasteiger partial charge in [0.2, 0.25) is 0 Å². The first-order valence-corrected chi connectivity index (χ1v) is 7.17. The Morgan fingerprint density at radius 3 is 2.74 bits per heavy atom. The Morgan fingerprint density at radius 2 is 2.11 bits per heavy atom. The van der Waals surface area contributed by atoms with Crippen LogP contribution in [-0.2, 0) is 6.54 Å². The lowest BCUT2D eigenvalue weighted by Gasteiger charge is -2.13. The summed E-state index contributed by atoms with van der Waals surface area (Å²) in [5.41, 5.74) is -0.0837.